The lowest BCUT2D eigenvalue weighted by molar-refractivity contribution is -0.119. The van der Waals surface area contributed by atoms with E-state index in [-0.39, 0.29) is 11.9 Å². The first-order chi connectivity index (χ1) is 9.72. The number of nitrogens with one attached hydrogen (secondary N) is 2. The van der Waals surface area contributed by atoms with E-state index in [0.717, 1.165) is 18.8 Å². The van der Waals surface area contributed by atoms with Crippen molar-refractivity contribution in [3.8, 4) is 0 Å². The van der Waals surface area contributed by atoms with Gasteiger partial charge < -0.3 is 10.6 Å². The molecule has 0 radical (unpaired) electrons. The summed E-state index contributed by atoms with van der Waals surface area (Å²) in [6.45, 7) is 0. The van der Waals surface area contributed by atoms with E-state index in [1.807, 2.05) is 0 Å². The second kappa shape index (κ2) is 6.06. The van der Waals surface area contributed by atoms with Gasteiger partial charge >= 0.3 is 0 Å². The van der Waals surface area contributed by atoms with Gasteiger partial charge in [0.25, 0.3) is 0 Å². The van der Waals surface area contributed by atoms with Crippen molar-refractivity contribution in [3.05, 3.63) is 17.3 Å². The van der Waals surface area contributed by atoms with Crippen molar-refractivity contribution in [1.82, 2.24) is 15.5 Å². The first-order valence-electron chi connectivity index (χ1n) is 7.28. The van der Waals surface area contributed by atoms with Crippen LogP contribution in [0.2, 0.25) is 5.15 Å². The van der Waals surface area contributed by atoms with Crippen LogP contribution in [0, 0.1) is 5.92 Å². The Morgan fingerprint density at radius 2 is 2.05 bits per heavy atom. The molecule has 1 aromatic heterocycles. The van der Waals surface area contributed by atoms with Crippen molar-refractivity contribution in [2.75, 3.05) is 5.32 Å². The first kappa shape index (κ1) is 13.8. The number of nitrogens with zero attached hydrogens (tertiary/aromatic N) is 2. The summed E-state index contributed by atoms with van der Waals surface area (Å²) >= 11 is 5.67. The summed E-state index contributed by atoms with van der Waals surface area (Å²) in [6.07, 6.45) is 7.13. The lowest BCUT2D eigenvalue weighted by Gasteiger charge is -2.39. The third-order valence-corrected chi connectivity index (χ3v) is 4.55. The number of aromatic nitrogens is 2. The zero-order chi connectivity index (χ0) is 13.9. The highest BCUT2D eigenvalue weighted by Crippen LogP contribution is 2.32. The van der Waals surface area contributed by atoms with Crippen LogP contribution in [-0.2, 0) is 4.79 Å². The summed E-state index contributed by atoms with van der Waals surface area (Å²) < 4.78 is 0. The van der Waals surface area contributed by atoms with E-state index >= 15 is 0 Å². The molecule has 2 N–H and O–H groups in total. The summed E-state index contributed by atoms with van der Waals surface area (Å²) in [5.74, 6) is 1.18. The molecule has 2 aliphatic rings. The molecule has 1 saturated heterocycles. The van der Waals surface area contributed by atoms with Gasteiger partial charge in [-0.2, -0.15) is 0 Å². The van der Waals surface area contributed by atoms with Crippen LogP contribution in [-0.4, -0.2) is 28.2 Å². The number of anilines is 1. The van der Waals surface area contributed by atoms with E-state index in [9.17, 15) is 4.79 Å². The Hall–Kier alpha value is -1.20. The Balaban J connectivity index is 1.58. The molecule has 3 unspecified atom stereocenters. The molecule has 1 saturated carbocycles. The van der Waals surface area contributed by atoms with Crippen LogP contribution < -0.4 is 10.6 Å². The highest BCUT2D eigenvalue weighted by molar-refractivity contribution is 6.29. The van der Waals surface area contributed by atoms with E-state index in [1.54, 1.807) is 12.1 Å². The van der Waals surface area contributed by atoms with E-state index in [2.05, 4.69) is 20.8 Å². The maximum absolute atomic E-state index is 12.3. The van der Waals surface area contributed by atoms with Crippen LogP contribution in [0.5, 0.6) is 0 Å². The number of hydrogen-bond acceptors (Lipinski definition) is 4. The van der Waals surface area contributed by atoms with Gasteiger partial charge in [-0.05, 0) is 43.7 Å². The molecule has 0 spiro atoms. The number of hydrogen-bond donors (Lipinski definition) is 2. The lowest BCUT2D eigenvalue weighted by Crippen LogP contribution is -2.53. The number of amides is 1. The third kappa shape index (κ3) is 3.10. The molecule has 1 amide bonds. The molecule has 0 aromatic carbocycles. The molecular weight excluding hydrogens is 276 g/mol. The Kier molecular flexibility index (Phi) is 4.17. The van der Waals surface area contributed by atoms with Crippen molar-refractivity contribution >= 4 is 23.3 Å². The molecule has 2 fully saturated rings. The molecule has 3 rings (SSSR count). The normalized spacial score (nSPS) is 29.6. The monoisotopic (exact) mass is 294 g/mol. The predicted octanol–water partition coefficient (Wildman–Crippen LogP) is 2.38. The van der Waals surface area contributed by atoms with E-state index in [1.165, 1.54) is 25.7 Å². The maximum atomic E-state index is 12.3. The summed E-state index contributed by atoms with van der Waals surface area (Å²) in [7, 11) is 0. The van der Waals surface area contributed by atoms with Gasteiger partial charge in [-0.3, -0.25) is 4.79 Å². The van der Waals surface area contributed by atoms with Gasteiger partial charge in [0, 0.05) is 6.04 Å². The summed E-state index contributed by atoms with van der Waals surface area (Å²) in [5.41, 5.74) is 0. The highest BCUT2D eigenvalue weighted by atomic mass is 35.5. The van der Waals surface area contributed by atoms with E-state index in [4.69, 9.17) is 11.6 Å². The third-order valence-electron chi connectivity index (χ3n) is 4.35. The number of fused-ring (bicyclic) bond motifs is 1. The summed E-state index contributed by atoms with van der Waals surface area (Å²) in [4.78, 5) is 12.3. The maximum Gasteiger partial charge on any atom is 0.242 e. The molecule has 20 heavy (non-hydrogen) atoms. The molecular formula is C14H19ClN4O. The molecule has 2 heterocycles. The zero-order valence-electron chi connectivity index (χ0n) is 11.3. The number of rotatable bonds is 2. The van der Waals surface area contributed by atoms with Crippen molar-refractivity contribution in [3.63, 3.8) is 0 Å². The molecule has 5 nitrogen and oxygen atoms in total. The van der Waals surface area contributed by atoms with E-state index in [0.29, 0.717) is 17.0 Å². The minimum Gasteiger partial charge on any atom is -0.308 e. The molecule has 1 aliphatic heterocycles. The van der Waals surface area contributed by atoms with Gasteiger partial charge in [-0.25, -0.2) is 0 Å². The van der Waals surface area contributed by atoms with Crippen molar-refractivity contribution in [2.45, 2.75) is 50.6 Å². The summed E-state index contributed by atoms with van der Waals surface area (Å²) in [6, 6.07) is 3.67. The molecule has 0 bridgehead atoms. The highest BCUT2D eigenvalue weighted by Gasteiger charge is 2.34. The minimum atomic E-state index is -0.119. The fourth-order valence-electron chi connectivity index (χ4n) is 3.30. The molecule has 108 valence electrons. The van der Waals surface area contributed by atoms with Gasteiger partial charge in [0.1, 0.15) is 0 Å². The van der Waals surface area contributed by atoms with Gasteiger partial charge in [0.2, 0.25) is 5.91 Å². The van der Waals surface area contributed by atoms with Crippen LogP contribution in [0.25, 0.3) is 0 Å². The Morgan fingerprint density at radius 1 is 1.20 bits per heavy atom. The average molecular weight is 295 g/mol. The first-order valence-corrected chi connectivity index (χ1v) is 7.66. The van der Waals surface area contributed by atoms with Crippen LogP contribution in [0.15, 0.2) is 12.1 Å². The van der Waals surface area contributed by atoms with Crippen LogP contribution in [0.3, 0.4) is 0 Å². The number of halogens is 1. The molecule has 1 aromatic rings. The Morgan fingerprint density at radius 3 is 2.85 bits per heavy atom. The molecule has 3 atom stereocenters. The predicted molar refractivity (Wildman–Crippen MR) is 77.6 cm³/mol. The van der Waals surface area contributed by atoms with Gasteiger partial charge in [0.05, 0.1) is 6.04 Å². The quantitative estimate of drug-likeness (QED) is 0.879. The minimum absolute atomic E-state index is 0.0226. The van der Waals surface area contributed by atoms with Gasteiger partial charge in [-0.1, -0.05) is 24.4 Å². The molecule has 1 aliphatic carbocycles. The van der Waals surface area contributed by atoms with Crippen molar-refractivity contribution < 1.29 is 4.79 Å². The van der Waals surface area contributed by atoms with Crippen molar-refractivity contribution in [2.24, 2.45) is 5.92 Å². The fourth-order valence-corrected chi connectivity index (χ4v) is 3.40. The number of carbonyl (C=O) groups excluding carboxylic acids is 1. The largest absolute Gasteiger partial charge is 0.308 e. The van der Waals surface area contributed by atoms with Gasteiger partial charge in [-0.15, -0.1) is 10.2 Å². The Labute approximate surface area is 123 Å². The SMILES string of the molecule is O=C(Nc1ccc(Cl)nn1)C1CCC2CCCCC2N1. The molecule has 6 heteroatoms. The smallest absolute Gasteiger partial charge is 0.242 e. The Bertz CT molecular complexity index is 479. The topological polar surface area (TPSA) is 66.9 Å². The standard InChI is InChI=1S/C14H19ClN4O/c15-12-7-8-13(19-18-12)17-14(20)11-6-5-9-3-1-2-4-10(9)16-11/h7-11,16H,1-6H2,(H,17,19,20). The average Bonchev–Trinajstić information content (AvgIpc) is 2.49. The second-order valence-corrected chi connectivity index (χ2v) is 6.07. The fraction of sp³-hybridized carbons (Fsp3) is 0.643. The zero-order valence-corrected chi connectivity index (χ0v) is 12.1. The van der Waals surface area contributed by atoms with Crippen LogP contribution in [0.1, 0.15) is 38.5 Å². The van der Waals surface area contributed by atoms with Crippen LogP contribution >= 0.6 is 11.6 Å². The van der Waals surface area contributed by atoms with E-state index < -0.39 is 0 Å². The second-order valence-electron chi connectivity index (χ2n) is 5.68. The number of carbonyl (C=O) groups is 1. The van der Waals surface area contributed by atoms with Gasteiger partial charge in [0.15, 0.2) is 11.0 Å². The number of piperidine rings is 1. The lowest BCUT2D eigenvalue weighted by atomic mass is 9.77. The summed E-state index contributed by atoms with van der Waals surface area (Å²) in [5, 5.41) is 14.2. The van der Waals surface area contributed by atoms with Crippen LogP contribution in [0.4, 0.5) is 5.82 Å². The van der Waals surface area contributed by atoms with Crippen molar-refractivity contribution in [1.29, 1.82) is 0 Å².